The van der Waals surface area contributed by atoms with Gasteiger partial charge in [0.25, 0.3) is 10.0 Å². The number of hydrogen-bond acceptors (Lipinski definition) is 5. The Kier molecular flexibility index (Phi) is 4.31. The molecule has 0 saturated heterocycles. The van der Waals surface area contributed by atoms with Crippen molar-refractivity contribution in [2.45, 2.75) is 38.1 Å². The van der Waals surface area contributed by atoms with Gasteiger partial charge in [0, 0.05) is 5.92 Å². The van der Waals surface area contributed by atoms with Crippen molar-refractivity contribution in [3.8, 4) is 0 Å². The van der Waals surface area contributed by atoms with E-state index < -0.39 is 15.8 Å². The molecule has 0 fully saturated rings. The number of imidazole rings is 1. The average Bonchev–Trinajstić information content (AvgIpc) is 3.06. The molecule has 0 amide bonds. The molecule has 0 unspecified atom stereocenters. The van der Waals surface area contributed by atoms with Crippen LogP contribution in [0, 0.1) is 5.82 Å². The summed E-state index contributed by atoms with van der Waals surface area (Å²) < 4.78 is 43.1. The number of para-hydroxylation sites is 1. The maximum atomic E-state index is 13.8. The van der Waals surface area contributed by atoms with Gasteiger partial charge < -0.3 is 0 Å². The number of halogens is 1. The number of sulfonamides is 1. The van der Waals surface area contributed by atoms with Crippen LogP contribution >= 0.6 is 11.3 Å². The van der Waals surface area contributed by atoms with Crippen molar-refractivity contribution in [3.05, 3.63) is 40.8 Å². The highest BCUT2D eigenvalue weighted by Crippen LogP contribution is 2.28. The topological polar surface area (TPSA) is 76.4 Å². The van der Waals surface area contributed by atoms with E-state index in [4.69, 9.17) is 0 Å². The van der Waals surface area contributed by atoms with Gasteiger partial charge in [0.05, 0.1) is 11.4 Å². The van der Waals surface area contributed by atoms with Crippen molar-refractivity contribution >= 4 is 32.0 Å². The molecule has 24 heavy (non-hydrogen) atoms. The number of benzene rings is 1. The third-order valence-corrected chi connectivity index (χ3v) is 6.06. The van der Waals surface area contributed by atoms with Crippen LogP contribution in [0.25, 0.3) is 4.96 Å². The van der Waals surface area contributed by atoms with Crippen LogP contribution in [-0.2, 0) is 16.4 Å². The lowest BCUT2D eigenvalue weighted by Crippen LogP contribution is -2.18. The normalized spacial score (nSPS) is 12.2. The quantitative estimate of drug-likeness (QED) is 0.749. The zero-order valence-electron chi connectivity index (χ0n) is 13.4. The molecule has 6 nitrogen and oxygen atoms in total. The molecule has 2 heterocycles. The highest BCUT2D eigenvalue weighted by atomic mass is 32.2. The smallest absolute Gasteiger partial charge is 0.275 e. The third kappa shape index (κ3) is 2.89. The van der Waals surface area contributed by atoms with Crippen molar-refractivity contribution in [1.29, 1.82) is 0 Å². The Bertz CT molecular complexity index is 992. The van der Waals surface area contributed by atoms with Crippen LogP contribution in [-0.4, -0.2) is 23.0 Å². The third-order valence-electron chi connectivity index (χ3n) is 3.45. The van der Waals surface area contributed by atoms with Crippen molar-refractivity contribution in [2.24, 2.45) is 0 Å². The van der Waals surface area contributed by atoms with E-state index in [9.17, 15) is 12.8 Å². The molecule has 0 bridgehead atoms. The number of nitrogens with one attached hydrogen (secondary N) is 1. The minimum atomic E-state index is -4.02. The predicted molar refractivity (Wildman–Crippen MR) is 91.5 cm³/mol. The summed E-state index contributed by atoms with van der Waals surface area (Å²) in [5, 5.41) is 5.13. The fraction of sp³-hybridized carbons (Fsp3) is 0.333. The molecule has 128 valence electrons. The van der Waals surface area contributed by atoms with Crippen molar-refractivity contribution < 1.29 is 12.8 Å². The number of aromatic nitrogens is 3. The van der Waals surface area contributed by atoms with Crippen molar-refractivity contribution in [2.75, 3.05) is 4.72 Å². The fourth-order valence-corrected chi connectivity index (χ4v) is 4.64. The van der Waals surface area contributed by atoms with Gasteiger partial charge in [-0.05, 0) is 18.6 Å². The largest absolute Gasteiger partial charge is 0.281 e. The van der Waals surface area contributed by atoms with E-state index in [0.29, 0.717) is 17.1 Å². The first-order valence-electron chi connectivity index (χ1n) is 7.49. The van der Waals surface area contributed by atoms with Gasteiger partial charge in [-0.15, -0.1) is 0 Å². The zero-order valence-corrected chi connectivity index (χ0v) is 15.1. The highest BCUT2D eigenvalue weighted by molar-refractivity contribution is 7.92. The Morgan fingerprint density at radius 1 is 1.33 bits per heavy atom. The molecule has 1 N–H and O–H groups in total. The molecule has 0 aliphatic carbocycles. The summed E-state index contributed by atoms with van der Waals surface area (Å²) in [7, 11) is -4.02. The van der Waals surface area contributed by atoms with E-state index in [1.165, 1.54) is 34.1 Å². The van der Waals surface area contributed by atoms with E-state index >= 15 is 0 Å². The molecule has 2 aromatic heterocycles. The Morgan fingerprint density at radius 3 is 2.67 bits per heavy atom. The highest BCUT2D eigenvalue weighted by Gasteiger charge is 2.28. The molecule has 0 saturated carbocycles. The minimum Gasteiger partial charge on any atom is -0.275 e. The lowest BCUT2D eigenvalue weighted by molar-refractivity contribution is 0.589. The van der Waals surface area contributed by atoms with Gasteiger partial charge in [-0.25, -0.2) is 9.37 Å². The molecule has 0 atom stereocenters. The van der Waals surface area contributed by atoms with E-state index in [-0.39, 0.29) is 16.6 Å². The Labute approximate surface area is 143 Å². The van der Waals surface area contributed by atoms with Crippen LogP contribution < -0.4 is 4.72 Å². The van der Waals surface area contributed by atoms with Gasteiger partial charge in [0.1, 0.15) is 10.8 Å². The predicted octanol–water partition coefficient (Wildman–Crippen LogP) is 3.42. The standard InChI is InChI=1S/C15H17FN4O2S2/c1-4-11-14(20-15(17-11)23-13(18-20)9(2)3)24(21,22)19-12-8-6-5-7-10(12)16/h5-9,19H,4H2,1-3H3. The lowest BCUT2D eigenvalue weighted by Gasteiger charge is -2.09. The van der Waals surface area contributed by atoms with E-state index in [2.05, 4.69) is 14.8 Å². The van der Waals surface area contributed by atoms with Crippen LogP contribution in [0.4, 0.5) is 10.1 Å². The van der Waals surface area contributed by atoms with E-state index in [1.54, 1.807) is 6.07 Å². The number of rotatable bonds is 5. The van der Waals surface area contributed by atoms with Gasteiger partial charge in [-0.1, -0.05) is 44.2 Å². The van der Waals surface area contributed by atoms with E-state index in [1.807, 2.05) is 20.8 Å². The van der Waals surface area contributed by atoms with Crippen molar-refractivity contribution in [3.63, 3.8) is 0 Å². The Balaban J connectivity index is 2.14. The molecule has 1 aromatic carbocycles. The SMILES string of the molecule is CCc1nc2sc(C(C)C)nn2c1S(=O)(=O)Nc1ccccc1F. The van der Waals surface area contributed by atoms with Crippen LogP contribution in [0.3, 0.4) is 0 Å². The summed E-state index contributed by atoms with van der Waals surface area (Å²) in [6, 6.07) is 5.63. The monoisotopic (exact) mass is 368 g/mol. The molecule has 0 aliphatic heterocycles. The summed E-state index contributed by atoms with van der Waals surface area (Å²) in [5.41, 5.74) is 0.307. The van der Waals surface area contributed by atoms with Gasteiger partial charge >= 0.3 is 0 Å². The molecule has 9 heteroatoms. The summed E-state index contributed by atoms with van der Waals surface area (Å²) in [6.45, 7) is 5.77. The molecular formula is C15H17FN4O2S2. The van der Waals surface area contributed by atoms with Crippen molar-refractivity contribution in [1.82, 2.24) is 14.6 Å². The Hall–Kier alpha value is -2.00. The molecule has 3 rings (SSSR count). The first-order chi connectivity index (χ1) is 11.3. The molecule has 0 aliphatic rings. The second-order valence-electron chi connectivity index (χ2n) is 5.59. The summed E-state index contributed by atoms with van der Waals surface area (Å²) >= 11 is 1.36. The summed E-state index contributed by atoms with van der Waals surface area (Å²) in [5.74, 6) is -0.474. The Morgan fingerprint density at radius 2 is 2.04 bits per heavy atom. The lowest BCUT2D eigenvalue weighted by atomic mass is 10.2. The summed E-state index contributed by atoms with van der Waals surface area (Å²) in [4.78, 5) is 4.89. The molecule has 0 radical (unpaired) electrons. The molecular weight excluding hydrogens is 351 g/mol. The molecule has 3 aromatic rings. The van der Waals surface area contributed by atoms with Gasteiger partial charge in [-0.2, -0.15) is 18.0 Å². The van der Waals surface area contributed by atoms with Crippen LogP contribution in [0.2, 0.25) is 0 Å². The first-order valence-corrected chi connectivity index (χ1v) is 9.79. The average molecular weight is 368 g/mol. The number of aryl methyl sites for hydroxylation is 1. The zero-order chi connectivity index (χ0) is 17.5. The van der Waals surface area contributed by atoms with Crippen LogP contribution in [0.5, 0.6) is 0 Å². The number of fused-ring (bicyclic) bond motifs is 1. The van der Waals surface area contributed by atoms with Crippen LogP contribution in [0.1, 0.15) is 37.4 Å². The molecule has 0 spiro atoms. The maximum absolute atomic E-state index is 13.8. The number of anilines is 1. The van der Waals surface area contributed by atoms with Gasteiger partial charge in [0.2, 0.25) is 9.99 Å². The first kappa shape index (κ1) is 16.8. The number of hydrogen-bond donors (Lipinski definition) is 1. The minimum absolute atomic E-state index is 0.0357. The van der Waals surface area contributed by atoms with Gasteiger partial charge in [-0.3, -0.25) is 4.72 Å². The number of nitrogens with zero attached hydrogens (tertiary/aromatic N) is 3. The van der Waals surface area contributed by atoms with Gasteiger partial charge in [0.15, 0.2) is 0 Å². The maximum Gasteiger partial charge on any atom is 0.281 e. The second kappa shape index (κ2) is 6.14. The fourth-order valence-electron chi connectivity index (χ4n) is 2.26. The second-order valence-corrected chi connectivity index (χ2v) is 8.18. The van der Waals surface area contributed by atoms with E-state index in [0.717, 1.165) is 5.01 Å². The summed E-state index contributed by atoms with van der Waals surface area (Å²) in [6.07, 6.45) is 0.431. The van der Waals surface area contributed by atoms with Crippen LogP contribution in [0.15, 0.2) is 29.3 Å².